The van der Waals surface area contributed by atoms with Crippen molar-refractivity contribution in [2.24, 2.45) is 5.92 Å². The number of ketones is 1. The maximum atomic E-state index is 13.9. The third-order valence-electron chi connectivity index (χ3n) is 3.76. The van der Waals surface area contributed by atoms with Gasteiger partial charge in [0.05, 0.1) is 0 Å². The molecule has 0 bridgehead atoms. The zero-order valence-corrected chi connectivity index (χ0v) is 11.0. The SMILES string of the molecule is CN(C)C(c1ccccc1F)C1CCCCC1=O. The van der Waals surface area contributed by atoms with E-state index >= 15 is 0 Å². The van der Waals surface area contributed by atoms with E-state index < -0.39 is 0 Å². The molecule has 0 N–H and O–H groups in total. The topological polar surface area (TPSA) is 20.3 Å². The number of hydrogen-bond donors (Lipinski definition) is 0. The van der Waals surface area contributed by atoms with Gasteiger partial charge in [0.1, 0.15) is 11.6 Å². The molecule has 2 nitrogen and oxygen atoms in total. The number of benzene rings is 1. The summed E-state index contributed by atoms with van der Waals surface area (Å²) in [6.07, 6.45) is 3.56. The molecule has 2 rings (SSSR count). The van der Waals surface area contributed by atoms with Crippen LogP contribution in [0.3, 0.4) is 0 Å². The summed E-state index contributed by atoms with van der Waals surface area (Å²) in [5.74, 6) is 0.00317. The van der Waals surface area contributed by atoms with Crippen molar-refractivity contribution in [1.29, 1.82) is 0 Å². The zero-order chi connectivity index (χ0) is 13.1. The average Bonchev–Trinajstić information content (AvgIpc) is 2.34. The molecule has 0 radical (unpaired) electrons. The van der Waals surface area contributed by atoms with Crippen molar-refractivity contribution in [3.05, 3.63) is 35.6 Å². The molecular weight excluding hydrogens is 229 g/mol. The van der Waals surface area contributed by atoms with Gasteiger partial charge in [0.15, 0.2) is 0 Å². The summed E-state index contributed by atoms with van der Waals surface area (Å²) in [6, 6.07) is 6.65. The predicted molar refractivity (Wildman–Crippen MR) is 69.8 cm³/mol. The Bertz CT molecular complexity index is 430. The van der Waals surface area contributed by atoms with E-state index in [1.807, 2.05) is 25.1 Å². The van der Waals surface area contributed by atoms with Gasteiger partial charge in [-0.3, -0.25) is 4.79 Å². The van der Waals surface area contributed by atoms with E-state index in [1.54, 1.807) is 12.1 Å². The highest BCUT2D eigenvalue weighted by molar-refractivity contribution is 5.82. The second-order valence-corrected chi connectivity index (χ2v) is 5.25. The van der Waals surface area contributed by atoms with Crippen molar-refractivity contribution in [3.8, 4) is 0 Å². The molecule has 1 aromatic rings. The van der Waals surface area contributed by atoms with Gasteiger partial charge in [0.25, 0.3) is 0 Å². The van der Waals surface area contributed by atoms with E-state index in [4.69, 9.17) is 0 Å². The number of hydrogen-bond acceptors (Lipinski definition) is 2. The van der Waals surface area contributed by atoms with Gasteiger partial charge in [0.2, 0.25) is 0 Å². The molecule has 1 aliphatic rings. The fraction of sp³-hybridized carbons (Fsp3) is 0.533. The molecule has 18 heavy (non-hydrogen) atoms. The van der Waals surface area contributed by atoms with Gasteiger partial charge in [-0.15, -0.1) is 0 Å². The molecule has 0 heterocycles. The van der Waals surface area contributed by atoms with Gasteiger partial charge >= 0.3 is 0 Å². The number of halogens is 1. The van der Waals surface area contributed by atoms with Crippen LogP contribution in [0, 0.1) is 11.7 Å². The summed E-state index contributed by atoms with van der Waals surface area (Å²) in [7, 11) is 3.83. The Morgan fingerprint density at radius 3 is 2.61 bits per heavy atom. The lowest BCUT2D eigenvalue weighted by molar-refractivity contribution is -0.126. The monoisotopic (exact) mass is 249 g/mol. The maximum absolute atomic E-state index is 13.9. The van der Waals surface area contributed by atoms with Crippen LogP contribution in [0.4, 0.5) is 4.39 Å². The predicted octanol–water partition coefficient (Wildman–Crippen LogP) is 3.19. The molecular formula is C15H20FNO. The van der Waals surface area contributed by atoms with Crippen molar-refractivity contribution in [2.45, 2.75) is 31.7 Å². The third kappa shape index (κ3) is 2.61. The summed E-state index contributed by atoms with van der Waals surface area (Å²) in [4.78, 5) is 14.0. The number of Topliss-reactive ketones (excluding diaryl/α,β-unsaturated/α-hetero) is 1. The summed E-state index contributed by atoms with van der Waals surface area (Å²) >= 11 is 0. The quantitative estimate of drug-likeness (QED) is 0.820. The van der Waals surface area contributed by atoms with Gasteiger partial charge < -0.3 is 4.90 Å². The van der Waals surface area contributed by atoms with Gasteiger partial charge in [0, 0.05) is 23.9 Å². The Hall–Kier alpha value is -1.22. The van der Waals surface area contributed by atoms with Crippen LogP contribution in [0.25, 0.3) is 0 Å². The van der Waals surface area contributed by atoms with Gasteiger partial charge in [-0.25, -0.2) is 4.39 Å². The first-order valence-corrected chi connectivity index (χ1v) is 6.55. The van der Waals surface area contributed by atoms with E-state index in [0.717, 1.165) is 19.3 Å². The second-order valence-electron chi connectivity index (χ2n) is 5.25. The Morgan fingerprint density at radius 1 is 1.28 bits per heavy atom. The molecule has 98 valence electrons. The van der Waals surface area contributed by atoms with Crippen LogP contribution >= 0.6 is 0 Å². The fourth-order valence-corrected chi connectivity index (χ4v) is 2.91. The number of nitrogens with zero attached hydrogens (tertiary/aromatic N) is 1. The minimum absolute atomic E-state index is 0.0642. The molecule has 1 fully saturated rings. The Kier molecular flexibility index (Phi) is 4.12. The maximum Gasteiger partial charge on any atom is 0.137 e. The van der Waals surface area contributed by atoms with E-state index in [2.05, 4.69) is 0 Å². The summed E-state index contributed by atoms with van der Waals surface area (Å²) in [5.41, 5.74) is 0.641. The first-order chi connectivity index (χ1) is 8.61. The van der Waals surface area contributed by atoms with E-state index in [9.17, 15) is 9.18 Å². The van der Waals surface area contributed by atoms with Crippen molar-refractivity contribution >= 4 is 5.78 Å². The zero-order valence-electron chi connectivity index (χ0n) is 11.0. The van der Waals surface area contributed by atoms with Gasteiger partial charge in [-0.1, -0.05) is 24.6 Å². The lowest BCUT2D eigenvalue weighted by Gasteiger charge is -2.34. The molecule has 0 spiro atoms. The second kappa shape index (κ2) is 5.61. The van der Waals surface area contributed by atoms with Crippen molar-refractivity contribution in [1.82, 2.24) is 4.90 Å². The van der Waals surface area contributed by atoms with E-state index in [0.29, 0.717) is 12.0 Å². The Balaban J connectivity index is 2.34. The smallest absolute Gasteiger partial charge is 0.137 e. The van der Waals surface area contributed by atoms with Crippen molar-refractivity contribution < 1.29 is 9.18 Å². The normalized spacial score (nSPS) is 22.2. The lowest BCUT2D eigenvalue weighted by atomic mass is 9.79. The van der Waals surface area contributed by atoms with Crippen LogP contribution in [0.15, 0.2) is 24.3 Å². The lowest BCUT2D eigenvalue weighted by Crippen LogP contribution is -2.34. The Morgan fingerprint density at radius 2 is 2.00 bits per heavy atom. The van der Waals surface area contributed by atoms with Crippen molar-refractivity contribution in [3.63, 3.8) is 0 Å². The van der Waals surface area contributed by atoms with Crippen LogP contribution in [0.1, 0.15) is 37.3 Å². The molecule has 1 aromatic carbocycles. The summed E-state index contributed by atoms with van der Waals surface area (Å²) in [6.45, 7) is 0. The highest BCUT2D eigenvalue weighted by Crippen LogP contribution is 2.36. The highest BCUT2D eigenvalue weighted by Gasteiger charge is 2.33. The molecule has 3 heteroatoms. The number of carbonyl (C=O) groups is 1. The van der Waals surface area contributed by atoms with E-state index in [1.165, 1.54) is 6.07 Å². The van der Waals surface area contributed by atoms with Crippen LogP contribution in [0.5, 0.6) is 0 Å². The molecule has 0 amide bonds. The number of rotatable bonds is 3. The Labute approximate surface area is 108 Å². The largest absolute Gasteiger partial charge is 0.302 e. The van der Waals surface area contributed by atoms with Gasteiger partial charge in [-0.2, -0.15) is 0 Å². The first kappa shape index (κ1) is 13.2. The molecule has 2 atom stereocenters. The van der Waals surface area contributed by atoms with E-state index in [-0.39, 0.29) is 23.6 Å². The molecule has 0 aliphatic heterocycles. The first-order valence-electron chi connectivity index (χ1n) is 6.55. The molecule has 1 aliphatic carbocycles. The minimum atomic E-state index is -0.213. The summed E-state index contributed by atoms with van der Waals surface area (Å²) in [5, 5.41) is 0. The van der Waals surface area contributed by atoms with Gasteiger partial charge in [-0.05, 0) is 33.0 Å². The van der Waals surface area contributed by atoms with Crippen LogP contribution in [0.2, 0.25) is 0 Å². The standard InChI is InChI=1S/C15H20FNO/c1-17(2)15(11-7-3-5-9-13(11)16)12-8-4-6-10-14(12)18/h3,5,7,9,12,15H,4,6,8,10H2,1-2H3. The van der Waals surface area contributed by atoms with Crippen molar-refractivity contribution in [2.75, 3.05) is 14.1 Å². The van der Waals surface area contributed by atoms with Crippen LogP contribution in [-0.2, 0) is 4.79 Å². The minimum Gasteiger partial charge on any atom is -0.302 e. The molecule has 2 unspecified atom stereocenters. The molecule has 0 saturated heterocycles. The molecule has 0 aromatic heterocycles. The fourth-order valence-electron chi connectivity index (χ4n) is 2.91. The van der Waals surface area contributed by atoms with Crippen LogP contribution in [-0.4, -0.2) is 24.8 Å². The average molecular weight is 249 g/mol. The highest BCUT2D eigenvalue weighted by atomic mass is 19.1. The molecule has 1 saturated carbocycles. The third-order valence-corrected chi connectivity index (χ3v) is 3.76. The number of carbonyl (C=O) groups excluding carboxylic acids is 1. The summed E-state index contributed by atoms with van der Waals surface area (Å²) < 4.78 is 13.9. The van der Waals surface area contributed by atoms with Crippen LogP contribution < -0.4 is 0 Å².